The lowest BCUT2D eigenvalue weighted by Gasteiger charge is -2.13. The Hall–Kier alpha value is -1.78. The van der Waals surface area contributed by atoms with E-state index in [4.69, 9.17) is 10.5 Å². The Labute approximate surface area is 92.6 Å². The van der Waals surface area contributed by atoms with Crippen molar-refractivity contribution in [2.24, 2.45) is 5.73 Å². The third-order valence-corrected chi connectivity index (χ3v) is 2.64. The van der Waals surface area contributed by atoms with E-state index in [0.29, 0.717) is 24.9 Å². The van der Waals surface area contributed by atoms with Crippen LogP contribution in [0.1, 0.15) is 12.0 Å². The maximum Gasteiger partial charge on any atom is 0.404 e. The van der Waals surface area contributed by atoms with Crippen LogP contribution in [-0.4, -0.2) is 18.7 Å². The van der Waals surface area contributed by atoms with Gasteiger partial charge >= 0.3 is 6.09 Å². The molecule has 1 aromatic carbocycles. The Morgan fingerprint density at radius 2 is 2.38 bits per heavy atom. The van der Waals surface area contributed by atoms with Gasteiger partial charge in [-0.2, -0.15) is 0 Å². The lowest BCUT2D eigenvalue weighted by molar-refractivity contribution is 0.109. The predicted molar refractivity (Wildman–Crippen MR) is 57.7 cm³/mol. The average Bonchev–Trinajstić information content (AvgIpc) is 2.42. The van der Waals surface area contributed by atoms with Gasteiger partial charge in [-0.25, -0.2) is 9.18 Å². The molecule has 1 aromatic rings. The summed E-state index contributed by atoms with van der Waals surface area (Å²) in [5.74, 6) is -0.232. The molecule has 1 amide bonds. The van der Waals surface area contributed by atoms with Crippen molar-refractivity contribution in [2.75, 3.05) is 11.9 Å². The maximum absolute atomic E-state index is 13.5. The molecule has 5 heteroatoms. The third kappa shape index (κ3) is 2.24. The van der Waals surface area contributed by atoms with Crippen molar-refractivity contribution in [1.29, 1.82) is 0 Å². The molecule has 0 aliphatic carbocycles. The number of nitrogens with two attached hydrogens (primary N) is 1. The molecule has 0 fully saturated rings. The molecule has 0 bridgehead atoms. The minimum absolute atomic E-state index is 0.232. The lowest BCUT2D eigenvalue weighted by Crippen LogP contribution is -2.28. The molecule has 0 saturated heterocycles. The van der Waals surface area contributed by atoms with E-state index in [1.54, 1.807) is 6.07 Å². The highest BCUT2D eigenvalue weighted by Crippen LogP contribution is 2.24. The summed E-state index contributed by atoms with van der Waals surface area (Å²) >= 11 is 0. The van der Waals surface area contributed by atoms with Crippen LogP contribution in [0.5, 0.6) is 0 Å². The van der Waals surface area contributed by atoms with E-state index in [1.807, 2.05) is 6.07 Å². The van der Waals surface area contributed by atoms with Gasteiger partial charge in [0.2, 0.25) is 0 Å². The zero-order chi connectivity index (χ0) is 11.5. The van der Waals surface area contributed by atoms with Crippen LogP contribution in [0.25, 0.3) is 0 Å². The summed E-state index contributed by atoms with van der Waals surface area (Å²) in [7, 11) is 0. The van der Waals surface area contributed by atoms with E-state index >= 15 is 0 Å². The Bertz CT molecular complexity index is 409. The molecular weight excluding hydrogens is 211 g/mol. The molecule has 0 saturated carbocycles. The number of hydrogen-bond donors (Lipinski definition) is 2. The number of hydrogen-bond acceptors (Lipinski definition) is 3. The first-order valence-corrected chi connectivity index (χ1v) is 5.14. The fourth-order valence-electron chi connectivity index (χ4n) is 1.87. The van der Waals surface area contributed by atoms with Crippen molar-refractivity contribution in [3.63, 3.8) is 0 Å². The zero-order valence-corrected chi connectivity index (χ0v) is 8.70. The second-order valence-electron chi connectivity index (χ2n) is 3.74. The number of nitrogens with one attached hydrogen (secondary N) is 1. The van der Waals surface area contributed by atoms with Gasteiger partial charge in [0.05, 0.1) is 6.54 Å². The topological polar surface area (TPSA) is 64.4 Å². The molecule has 1 aliphatic heterocycles. The van der Waals surface area contributed by atoms with Gasteiger partial charge in [0.25, 0.3) is 0 Å². The number of benzene rings is 1. The number of anilines is 1. The highest BCUT2D eigenvalue weighted by atomic mass is 19.1. The molecule has 3 N–H and O–H groups in total. The van der Waals surface area contributed by atoms with Gasteiger partial charge in [0.1, 0.15) is 11.9 Å². The number of ether oxygens (including phenoxy) is 1. The SMILES string of the molecule is NC(=O)O[C@H]1CCc2c(F)cccc2NC1. The number of rotatable bonds is 1. The number of primary amides is 1. The molecule has 0 aromatic heterocycles. The number of carbonyl (C=O) groups excluding carboxylic acids is 1. The molecule has 1 aliphatic rings. The molecule has 1 atom stereocenters. The fourth-order valence-corrected chi connectivity index (χ4v) is 1.87. The van der Waals surface area contributed by atoms with Crippen LogP contribution in [0, 0.1) is 5.82 Å². The number of fused-ring (bicyclic) bond motifs is 1. The molecule has 4 nitrogen and oxygen atoms in total. The summed E-state index contributed by atoms with van der Waals surface area (Å²) in [4.78, 5) is 10.6. The van der Waals surface area contributed by atoms with Gasteiger partial charge in [-0.05, 0) is 25.0 Å². The summed E-state index contributed by atoms with van der Waals surface area (Å²) in [6.07, 6.45) is 0.0131. The van der Waals surface area contributed by atoms with Crippen LogP contribution in [-0.2, 0) is 11.2 Å². The van der Waals surface area contributed by atoms with Gasteiger partial charge < -0.3 is 15.8 Å². The first kappa shape index (κ1) is 10.7. The van der Waals surface area contributed by atoms with Crippen LogP contribution < -0.4 is 11.1 Å². The van der Waals surface area contributed by atoms with Gasteiger partial charge in [0.15, 0.2) is 0 Å². The Balaban J connectivity index is 2.13. The Morgan fingerprint density at radius 3 is 3.12 bits per heavy atom. The van der Waals surface area contributed by atoms with Gasteiger partial charge in [-0.3, -0.25) is 0 Å². The highest BCUT2D eigenvalue weighted by Gasteiger charge is 2.19. The quantitative estimate of drug-likeness (QED) is 0.762. The largest absolute Gasteiger partial charge is 0.445 e. The van der Waals surface area contributed by atoms with E-state index in [0.717, 1.165) is 5.69 Å². The van der Waals surface area contributed by atoms with E-state index in [9.17, 15) is 9.18 Å². The van der Waals surface area contributed by atoms with E-state index in [2.05, 4.69) is 5.32 Å². The average molecular weight is 224 g/mol. The predicted octanol–water partition coefficient (Wildman–Crippen LogP) is 1.65. The number of carbonyl (C=O) groups is 1. The van der Waals surface area contributed by atoms with Crippen molar-refractivity contribution in [3.8, 4) is 0 Å². The summed E-state index contributed by atoms with van der Waals surface area (Å²) in [5.41, 5.74) is 6.34. The van der Waals surface area contributed by atoms with Crippen LogP contribution in [0.3, 0.4) is 0 Å². The minimum atomic E-state index is -0.793. The standard InChI is InChI=1S/C11H13FN2O2/c12-9-2-1-3-10-8(9)5-4-7(6-14-10)16-11(13)15/h1-3,7,14H,4-6H2,(H2,13,15)/t7-/m0/s1. The monoisotopic (exact) mass is 224 g/mol. The normalized spacial score (nSPS) is 19.2. The van der Waals surface area contributed by atoms with Crippen LogP contribution >= 0.6 is 0 Å². The molecular formula is C11H13FN2O2. The molecule has 16 heavy (non-hydrogen) atoms. The molecule has 0 unspecified atom stereocenters. The van der Waals surface area contributed by atoms with E-state index < -0.39 is 6.09 Å². The van der Waals surface area contributed by atoms with Crippen molar-refractivity contribution in [3.05, 3.63) is 29.6 Å². The third-order valence-electron chi connectivity index (χ3n) is 2.64. The smallest absolute Gasteiger partial charge is 0.404 e. The van der Waals surface area contributed by atoms with Crippen LogP contribution in [0.15, 0.2) is 18.2 Å². The summed E-state index contributed by atoms with van der Waals surface area (Å²) in [6, 6.07) is 4.89. The minimum Gasteiger partial charge on any atom is -0.445 e. The Kier molecular flexibility index (Phi) is 2.94. The second-order valence-corrected chi connectivity index (χ2v) is 3.74. The first-order valence-electron chi connectivity index (χ1n) is 5.14. The van der Waals surface area contributed by atoms with Crippen molar-refractivity contribution < 1.29 is 13.9 Å². The highest BCUT2D eigenvalue weighted by molar-refractivity contribution is 5.65. The molecule has 1 heterocycles. The van der Waals surface area contributed by atoms with Crippen molar-refractivity contribution in [1.82, 2.24) is 0 Å². The Morgan fingerprint density at radius 1 is 1.56 bits per heavy atom. The first-order chi connectivity index (χ1) is 7.66. The summed E-state index contributed by atoms with van der Waals surface area (Å²) in [6.45, 7) is 0.458. The fraction of sp³-hybridized carbons (Fsp3) is 0.364. The van der Waals surface area contributed by atoms with Crippen molar-refractivity contribution >= 4 is 11.8 Å². The maximum atomic E-state index is 13.5. The molecule has 0 spiro atoms. The summed E-state index contributed by atoms with van der Waals surface area (Å²) in [5, 5.41) is 3.05. The van der Waals surface area contributed by atoms with Crippen LogP contribution in [0.2, 0.25) is 0 Å². The summed E-state index contributed by atoms with van der Waals surface area (Å²) < 4.78 is 18.4. The zero-order valence-electron chi connectivity index (χ0n) is 8.70. The van der Waals surface area contributed by atoms with Gasteiger partial charge in [-0.15, -0.1) is 0 Å². The molecule has 86 valence electrons. The lowest BCUT2D eigenvalue weighted by atomic mass is 10.1. The van der Waals surface area contributed by atoms with Crippen LogP contribution in [0.4, 0.5) is 14.9 Å². The number of amides is 1. The van der Waals surface area contributed by atoms with Crippen molar-refractivity contribution in [2.45, 2.75) is 18.9 Å². The van der Waals surface area contributed by atoms with E-state index in [-0.39, 0.29) is 11.9 Å². The number of halogens is 1. The van der Waals surface area contributed by atoms with E-state index in [1.165, 1.54) is 6.07 Å². The molecule has 2 rings (SSSR count). The molecule has 0 radical (unpaired) electrons. The van der Waals surface area contributed by atoms with Gasteiger partial charge in [0, 0.05) is 11.3 Å². The second kappa shape index (κ2) is 4.38. The van der Waals surface area contributed by atoms with Gasteiger partial charge in [-0.1, -0.05) is 6.07 Å².